The Kier molecular flexibility index (Phi) is 4.20. The van der Waals surface area contributed by atoms with Gasteiger partial charge < -0.3 is 11.1 Å². The van der Waals surface area contributed by atoms with Crippen molar-refractivity contribution in [2.75, 3.05) is 5.32 Å². The Bertz CT molecular complexity index is 621. The van der Waals surface area contributed by atoms with Gasteiger partial charge in [-0.3, -0.25) is 9.78 Å². The number of carbonyl (C=O) groups excluding carboxylic acids is 1. The summed E-state index contributed by atoms with van der Waals surface area (Å²) in [6.45, 7) is 3.84. The van der Waals surface area contributed by atoms with E-state index in [0.717, 1.165) is 10.0 Å². The number of hydrogen-bond acceptors (Lipinski definition) is 3. The van der Waals surface area contributed by atoms with Gasteiger partial charge in [-0.25, -0.2) is 0 Å². The summed E-state index contributed by atoms with van der Waals surface area (Å²) in [6.07, 6.45) is 3.26. The van der Waals surface area contributed by atoms with Crippen molar-refractivity contribution in [3.63, 3.8) is 0 Å². The Morgan fingerprint density at radius 1 is 1.25 bits per heavy atom. The van der Waals surface area contributed by atoms with Crippen molar-refractivity contribution in [2.45, 2.75) is 19.4 Å². The normalized spacial score (nSPS) is 11.2. The number of pyridine rings is 1. The number of anilines is 1. The molecule has 104 valence electrons. The quantitative estimate of drug-likeness (QED) is 0.905. The van der Waals surface area contributed by atoms with Crippen LogP contribution in [-0.4, -0.2) is 10.9 Å². The maximum atomic E-state index is 12.1. The molecule has 4 nitrogen and oxygen atoms in total. The van der Waals surface area contributed by atoms with Gasteiger partial charge in [-0.05, 0) is 43.7 Å². The van der Waals surface area contributed by atoms with Crippen LogP contribution in [0.15, 0.2) is 47.2 Å². The van der Waals surface area contributed by atoms with Crippen LogP contribution in [0.2, 0.25) is 0 Å². The largest absolute Gasteiger partial charge is 0.322 e. The molecule has 1 heterocycles. The van der Waals surface area contributed by atoms with E-state index in [2.05, 4.69) is 26.2 Å². The van der Waals surface area contributed by atoms with Crippen molar-refractivity contribution in [1.29, 1.82) is 0 Å². The summed E-state index contributed by atoms with van der Waals surface area (Å²) >= 11 is 3.47. The van der Waals surface area contributed by atoms with Crippen molar-refractivity contribution < 1.29 is 4.79 Å². The molecule has 1 aromatic carbocycles. The van der Waals surface area contributed by atoms with Gasteiger partial charge in [-0.1, -0.05) is 22.0 Å². The number of benzene rings is 1. The summed E-state index contributed by atoms with van der Waals surface area (Å²) in [5, 5.41) is 2.81. The number of carbonyl (C=O) groups is 1. The minimum absolute atomic E-state index is 0.168. The Labute approximate surface area is 126 Å². The molecule has 20 heavy (non-hydrogen) atoms. The van der Waals surface area contributed by atoms with Crippen molar-refractivity contribution in [3.05, 3.63) is 58.3 Å². The molecular weight excluding hydrogens is 318 g/mol. The van der Waals surface area contributed by atoms with E-state index in [0.29, 0.717) is 11.3 Å². The number of nitrogens with one attached hydrogen (secondary N) is 1. The summed E-state index contributed by atoms with van der Waals surface area (Å²) in [4.78, 5) is 16.0. The highest BCUT2D eigenvalue weighted by molar-refractivity contribution is 9.10. The molecule has 0 aliphatic rings. The predicted octanol–water partition coefficient (Wildman–Crippen LogP) is 3.29. The van der Waals surface area contributed by atoms with Gasteiger partial charge in [-0.15, -0.1) is 0 Å². The third-order valence-corrected chi connectivity index (χ3v) is 3.52. The van der Waals surface area contributed by atoms with Gasteiger partial charge in [0, 0.05) is 33.7 Å². The smallest absolute Gasteiger partial charge is 0.255 e. The Balaban J connectivity index is 2.22. The second-order valence-electron chi connectivity index (χ2n) is 5.11. The standard InChI is InChI=1S/C15H16BrN3O/c1-15(2,17)12-4-3-10(9-13(12)16)14(20)19-11-5-7-18-8-6-11/h3-9H,17H2,1-2H3,(H,18,19,20). The highest BCUT2D eigenvalue weighted by atomic mass is 79.9. The molecule has 1 amide bonds. The zero-order valence-electron chi connectivity index (χ0n) is 11.4. The van der Waals surface area contributed by atoms with Crippen LogP contribution in [0, 0.1) is 0 Å². The van der Waals surface area contributed by atoms with Crippen LogP contribution < -0.4 is 11.1 Å². The number of halogens is 1. The van der Waals surface area contributed by atoms with E-state index in [1.807, 2.05) is 19.9 Å². The van der Waals surface area contributed by atoms with E-state index >= 15 is 0 Å². The molecule has 0 fully saturated rings. The molecule has 0 aliphatic carbocycles. The lowest BCUT2D eigenvalue weighted by Crippen LogP contribution is -2.29. The summed E-state index contributed by atoms with van der Waals surface area (Å²) < 4.78 is 0.826. The van der Waals surface area contributed by atoms with Gasteiger partial charge in [0.2, 0.25) is 0 Å². The first-order valence-corrected chi connectivity index (χ1v) is 6.97. The number of nitrogens with zero attached hydrogens (tertiary/aromatic N) is 1. The molecule has 0 spiro atoms. The van der Waals surface area contributed by atoms with E-state index < -0.39 is 5.54 Å². The molecule has 1 aromatic heterocycles. The average molecular weight is 334 g/mol. The lowest BCUT2D eigenvalue weighted by molar-refractivity contribution is 0.102. The molecule has 0 radical (unpaired) electrons. The third kappa shape index (κ3) is 3.43. The highest BCUT2D eigenvalue weighted by Gasteiger charge is 2.18. The van der Waals surface area contributed by atoms with Crippen molar-refractivity contribution in [2.24, 2.45) is 5.73 Å². The van der Waals surface area contributed by atoms with E-state index in [4.69, 9.17) is 5.73 Å². The molecule has 0 saturated heterocycles. The van der Waals surface area contributed by atoms with Crippen LogP contribution >= 0.6 is 15.9 Å². The molecular formula is C15H16BrN3O. The van der Waals surface area contributed by atoms with Crippen molar-refractivity contribution >= 4 is 27.5 Å². The van der Waals surface area contributed by atoms with Gasteiger partial charge in [0.05, 0.1) is 0 Å². The summed E-state index contributed by atoms with van der Waals surface area (Å²) in [5.41, 5.74) is 7.85. The van der Waals surface area contributed by atoms with Crippen LogP contribution in [0.3, 0.4) is 0 Å². The predicted molar refractivity (Wildman–Crippen MR) is 83.5 cm³/mol. The van der Waals surface area contributed by atoms with Gasteiger partial charge in [-0.2, -0.15) is 0 Å². The minimum atomic E-state index is -0.459. The number of aromatic nitrogens is 1. The Morgan fingerprint density at radius 2 is 1.90 bits per heavy atom. The Hall–Kier alpha value is -1.72. The molecule has 0 bridgehead atoms. The molecule has 2 rings (SSSR count). The zero-order chi connectivity index (χ0) is 14.8. The van der Waals surface area contributed by atoms with Gasteiger partial charge in [0.15, 0.2) is 0 Å². The number of nitrogens with two attached hydrogens (primary N) is 1. The molecule has 0 atom stereocenters. The monoisotopic (exact) mass is 333 g/mol. The van der Waals surface area contributed by atoms with Gasteiger partial charge in [0.1, 0.15) is 0 Å². The number of rotatable bonds is 3. The van der Waals surface area contributed by atoms with E-state index in [1.54, 1.807) is 36.7 Å². The molecule has 3 N–H and O–H groups in total. The van der Waals surface area contributed by atoms with Crippen LogP contribution in [0.4, 0.5) is 5.69 Å². The molecule has 0 unspecified atom stereocenters. The third-order valence-electron chi connectivity index (χ3n) is 2.86. The SMILES string of the molecule is CC(C)(N)c1ccc(C(=O)Nc2ccncc2)cc1Br. The zero-order valence-corrected chi connectivity index (χ0v) is 12.9. The van der Waals surface area contributed by atoms with E-state index in [9.17, 15) is 4.79 Å². The summed E-state index contributed by atoms with van der Waals surface area (Å²) in [6, 6.07) is 8.89. The number of hydrogen-bond donors (Lipinski definition) is 2. The maximum Gasteiger partial charge on any atom is 0.255 e. The second-order valence-corrected chi connectivity index (χ2v) is 5.96. The Morgan fingerprint density at radius 3 is 2.45 bits per heavy atom. The lowest BCUT2D eigenvalue weighted by atomic mass is 9.94. The second kappa shape index (κ2) is 5.73. The fraction of sp³-hybridized carbons (Fsp3) is 0.200. The van der Waals surface area contributed by atoms with Gasteiger partial charge >= 0.3 is 0 Å². The molecule has 5 heteroatoms. The summed E-state index contributed by atoms with van der Waals surface area (Å²) in [5.74, 6) is -0.168. The van der Waals surface area contributed by atoms with Crippen molar-refractivity contribution in [1.82, 2.24) is 4.98 Å². The minimum Gasteiger partial charge on any atom is -0.322 e. The molecule has 0 aliphatic heterocycles. The van der Waals surface area contributed by atoms with Gasteiger partial charge in [0.25, 0.3) is 5.91 Å². The van der Waals surface area contributed by atoms with E-state index in [-0.39, 0.29) is 5.91 Å². The fourth-order valence-electron chi connectivity index (χ4n) is 1.82. The van der Waals surface area contributed by atoms with Crippen LogP contribution in [0.25, 0.3) is 0 Å². The molecule has 2 aromatic rings. The molecule has 0 saturated carbocycles. The first-order chi connectivity index (χ1) is 9.38. The van der Waals surface area contributed by atoms with Crippen LogP contribution in [-0.2, 0) is 5.54 Å². The first-order valence-electron chi connectivity index (χ1n) is 6.18. The summed E-state index contributed by atoms with van der Waals surface area (Å²) in [7, 11) is 0. The average Bonchev–Trinajstić information content (AvgIpc) is 2.38. The fourth-order valence-corrected chi connectivity index (χ4v) is 2.71. The van der Waals surface area contributed by atoms with E-state index in [1.165, 1.54) is 0 Å². The van der Waals surface area contributed by atoms with Crippen LogP contribution in [0.1, 0.15) is 29.8 Å². The lowest BCUT2D eigenvalue weighted by Gasteiger charge is -2.21. The maximum absolute atomic E-state index is 12.1. The topological polar surface area (TPSA) is 68.0 Å². The van der Waals surface area contributed by atoms with Crippen molar-refractivity contribution in [3.8, 4) is 0 Å². The van der Waals surface area contributed by atoms with Crippen LogP contribution in [0.5, 0.6) is 0 Å². The highest BCUT2D eigenvalue weighted by Crippen LogP contribution is 2.27. The first kappa shape index (κ1) is 14.7. The number of amides is 1.